The first-order valence-electron chi connectivity index (χ1n) is 9.43. The summed E-state index contributed by atoms with van der Waals surface area (Å²) in [4.78, 5) is 26.4. The summed E-state index contributed by atoms with van der Waals surface area (Å²) < 4.78 is 46.7. The van der Waals surface area contributed by atoms with Crippen molar-refractivity contribution in [1.82, 2.24) is 9.47 Å². The number of methoxy groups -OCH3 is 1. The van der Waals surface area contributed by atoms with Crippen LogP contribution >= 0.6 is 0 Å². The Labute approximate surface area is 165 Å². The van der Waals surface area contributed by atoms with E-state index >= 15 is 0 Å². The Kier molecular flexibility index (Phi) is 4.67. The molecule has 0 aliphatic carbocycles. The Morgan fingerprint density at radius 1 is 1.10 bits per heavy atom. The van der Waals surface area contributed by atoms with Crippen molar-refractivity contribution in [3.05, 3.63) is 51.9 Å². The van der Waals surface area contributed by atoms with Crippen LogP contribution in [0, 0.1) is 5.92 Å². The van der Waals surface area contributed by atoms with E-state index < -0.39 is 11.7 Å². The average Bonchev–Trinajstić information content (AvgIpc) is 2.67. The van der Waals surface area contributed by atoms with Gasteiger partial charge in [-0.25, -0.2) is 0 Å². The van der Waals surface area contributed by atoms with Gasteiger partial charge in [-0.3, -0.25) is 9.59 Å². The number of fused-ring (bicyclic) bond motifs is 4. The van der Waals surface area contributed by atoms with Gasteiger partial charge >= 0.3 is 6.18 Å². The first-order chi connectivity index (χ1) is 13.7. The Bertz CT molecular complexity index is 1030. The highest BCUT2D eigenvalue weighted by Gasteiger charge is 2.37. The third-order valence-corrected chi connectivity index (χ3v) is 5.84. The smallest absolute Gasteiger partial charge is 0.419 e. The van der Waals surface area contributed by atoms with Gasteiger partial charge in [0.1, 0.15) is 5.75 Å². The van der Waals surface area contributed by atoms with Crippen LogP contribution in [-0.4, -0.2) is 35.6 Å². The summed E-state index contributed by atoms with van der Waals surface area (Å²) in [5, 5.41) is 0. The van der Waals surface area contributed by atoms with Gasteiger partial charge in [0.05, 0.1) is 12.7 Å². The molecule has 0 unspecified atom stereocenters. The van der Waals surface area contributed by atoms with Crippen molar-refractivity contribution in [2.75, 3.05) is 20.2 Å². The van der Waals surface area contributed by atoms with Gasteiger partial charge in [-0.15, -0.1) is 0 Å². The fourth-order valence-electron chi connectivity index (χ4n) is 4.49. The number of hydrogen-bond acceptors (Lipinski definition) is 3. The molecule has 1 amide bonds. The van der Waals surface area contributed by atoms with Crippen molar-refractivity contribution in [3.63, 3.8) is 0 Å². The molecule has 29 heavy (non-hydrogen) atoms. The topological polar surface area (TPSA) is 51.5 Å². The second kappa shape index (κ2) is 6.93. The zero-order chi connectivity index (χ0) is 20.9. The fraction of sp³-hybridized carbons (Fsp3) is 0.429. The van der Waals surface area contributed by atoms with E-state index in [1.54, 1.807) is 15.5 Å². The minimum atomic E-state index is -4.57. The van der Waals surface area contributed by atoms with Crippen molar-refractivity contribution in [2.45, 2.75) is 32.0 Å². The van der Waals surface area contributed by atoms with Crippen LogP contribution in [0.5, 0.6) is 5.75 Å². The molecule has 2 aromatic rings. The highest BCUT2D eigenvalue weighted by atomic mass is 19.4. The fourth-order valence-corrected chi connectivity index (χ4v) is 4.49. The number of pyridine rings is 1. The second-order valence-corrected chi connectivity index (χ2v) is 7.75. The molecule has 0 N–H and O–H groups in total. The van der Waals surface area contributed by atoms with E-state index in [9.17, 15) is 22.8 Å². The lowest BCUT2D eigenvalue weighted by atomic mass is 9.82. The zero-order valence-corrected chi connectivity index (χ0v) is 16.1. The summed E-state index contributed by atoms with van der Waals surface area (Å²) in [7, 11) is 1.19. The summed E-state index contributed by atoms with van der Waals surface area (Å²) in [5.41, 5.74) is 0.413. The molecule has 2 atom stereocenters. The molecule has 0 saturated carbocycles. The molecule has 4 rings (SSSR count). The third-order valence-electron chi connectivity index (χ3n) is 5.84. The lowest BCUT2D eigenvalue weighted by Gasteiger charge is -2.42. The minimum Gasteiger partial charge on any atom is -0.496 e. The summed E-state index contributed by atoms with van der Waals surface area (Å²) in [6.07, 6.45) is -3.70. The van der Waals surface area contributed by atoms with Crippen molar-refractivity contribution >= 4 is 5.91 Å². The van der Waals surface area contributed by atoms with Gasteiger partial charge in [-0.2, -0.15) is 13.2 Å². The number of amides is 1. The zero-order valence-electron chi connectivity index (χ0n) is 16.1. The Morgan fingerprint density at radius 2 is 1.86 bits per heavy atom. The van der Waals surface area contributed by atoms with E-state index in [0.29, 0.717) is 30.8 Å². The number of carbonyl (C=O) groups is 1. The normalized spacial score (nSPS) is 20.9. The van der Waals surface area contributed by atoms with Crippen molar-refractivity contribution in [3.8, 4) is 16.9 Å². The van der Waals surface area contributed by atoms with Crippen molar-refractivity contribution in [2.24, 2.45) is 5.92 Å². The number of hydrogen-bond donors (Lipinski definition) is 0. The molecule has 154 valence electrons. The molecule has 1 aromatic heterocycles. The number of halogens is 3. The highest BCUT2D eigenvalue weighted by Crippen LogP contribution is 2.40. The van der Waals surface area contributed by atoms with E-state index in [2.05, 4.69) is 0 Å². The number of benzene rings is 1. The van der Waals surface area contributed by atoms with Crippen LogP contribution in [-0.2, 0) is 17.5 Å². The summed E-state index contributed by atoms with van der Waals surface area (Å²) in [6, 6.07) is 6.97. The maximum atomic E-state index is 13.4. The van der Waals surface area contributed by atoms with Crippen LogP contribution in [0.1, 0.15) is 30.5 Å². The minimum absolute atomic E-state index is 0.000570. The average molecular weight is 406 g/mol. The number of nitrogens with zero attached hydrogens (tertiary/aromatic N) is 2. The SMILES string of the molecule is COc1ccc(-c2cc3n(c(=O)c2)C[C@H]2C[C@@H]3CN(C(C)=O)C2)cc1C(F)(F)F. The molecule has 0 spiro atoms. The molecule has 3 heterocycles. The van der Waals surface area contributed by atoms with Gasteiger partial charge in [0.25, 0.3) is 5.56 Å². The molecular formula is C21H21F3N2O3. The molecule has 8 heteroatoms. The first kappa shape index (κ1) is 19.5. The molecular weight excluding hydrogens is 385 g/mol. The van der Waals surface area contributed by atoms with Crippen LogP contribution < -0.4 is 10.3 Å². The summed E-state index contributed by atoms with van der Waals surface area (Å²) in [5.74, 6) is -0.0503. The molecule has 1 aromatic carbocycles. The molecule has 1 fully saturated rings. The van der Waals surface area contributed by atoms with Crippen LogP contribution in [0.15, 0.2) is 35.1 Å². The molecule has 0 radical (unpaired) electrons. The first-order valence-corrected chi connectivity index (χ1v) is 9.43. The monoisotopic (exact) mass is 406 g/mol. The van der Waals surface area contributed by atoms with Gasteiger partial charge in [-0.1, -0.05) is 6.07 Å². The van der Waals surface area contributed by atoms with Crippen LogP contribution in [0.4, 0.5) is 13.2 Å². The third kappa shape index (κ3) is 3.52. The number of ether oxygens (including phenoxy) is 1. The lowest BCUT2D eigenvalue weighted by Crippen LogP contribution is -2.48. The van der Waals surface area contributed by atoms with E-state index in [1.807, 2.05) is 0 Å². The Balaban J connectivity index is 1.79. The molecule has 1 saturated heterocycles. The quantitative estimate of drug-likeness (QED) is 0.767. The number of likely N-dealkylation sites (tertiary alicyclic amines) is 1. The maximum Gasteiger partial charge on any atom is 0.419 e. The molecule has 5 nitrogen and oxygen atoms in total. The predicted octanol–water partition coefficient (Wildman–Crippen LogP) is 3.51. The second-order valence-electron chi connectivity index (χ2n) is 7.75. The van der Waals surface area contributed by atoms with E-state index in [1.165, 1.54) is 32.2 Å². The van der Waals surface area contributed by atoms with Crippen LogP contribution in [0.25, 0.3) is 11.1 Å². The maximum absolute atomic E-state index is 13.4. The molecule has 2 bridgehead atoms. The summed E-state index contributed by atoms with van der Waals surface area (Å²) in [6.45, 7) is 3.20. The van der Waals surface area contributed by atoms with Gasteiger partial charge in [0.2, 0.25) is 5.91 Å². The van der Waals surface area contributed by atoms with Crippen LogP contribution in [0.3, 0.4) is 0 Å². The lowest BCUT2D eigenvalue weighted by molar-refractivity contribution is -0.138. The Hall–Kier alpha value is -2.77. The number of carbonyl (C=O) groups excluding carboxylic acids is 1. The van der Waals surface area contributed by atoms with Crippen molar-refractivity contribution < 1.29 is 22.7 Å². The Morgan fingerprint density at radius 3 is 2.52 bits per heavy atom. The number of aromatic nitrogens is 1. The van der Waals surface area contributed by atoms with E-state index in [-0.39, 0.29) is 29.1 Å². The number of piperidine rings is 1. The van der Waals surface area contributed by atoms with E-state index in [4.69, 9.17) is 4.74 Å². The van der Waals surface area contributed by atoms with E-state index in [0.717, 1.165) is 18.2 Å². The van der Waals surface area contributed by atoms with Crippen molar-refractivity contribution in [1.29, 1.82) is 0 Å². The number of rotatable bonds is 2. The molecule has 2 aliphatic rings. The van der Waals surface area contributed by atoms with Gasteiger partial charge in [0, 0.05) is 44.2 Å². The number of alkyl halides is 3. The largest absolute Gasteiger partial charge is 0.496 e. The summed E-state index contributed by atoms with van der Waals surface area (Å²) >= 11 is 0. The van der Waals surface area contributed by atoms with Crippen LogP contribution in [0.2, 0.25) is 0 Å². The van der Waals surface area contributed by atoms with Gasteiger partial charge in [-0.05, 0) is 41.7 Å². The highest BCUT2D eigenvalue weighted by molar-refractivity contribution is 5.73. The van der Waals surface area contributed by atoms with Gasteiger partial charge in [0.15, 0.2) is 0 Å². The standard InChI is InChI=1S/C21H21F3N2O3/c1-12(27)25-9-13-5-16(11-25)18-7-15(8-20(28)26(18)10-13)14-3-4-19(29-2)17(6-14)21(22,23)24/h3-4,6-8,13,16H,5,9-11H2,1-2H3/t13-,16+/m0/s1. The molecule has 2 aliphatic heterocycles. The van der Waals surface area contributed by atoms with Gasteiger partial charge < -0.3 is 14.2 Å². The predicted molar refractivity (Wildman–Crippen MR) is 101 cm³/mol.